The number of aromatic amines is 1. The molecule has 0 atom stereocenters. The maximum atomic E-state index is 12.8. The predicted octanol–water partition coefficient (Wildman–Crippen LogP) is 0.0370. The van der Waals surface area contributed by atoms with E-state index in [0.29, 0.717) is 5.56 Å². The SMILES string of the molecule is O=C(NCc1ccc(F)cc1)c1noc(Cn2ccc(=O)[nH]c2=O)n1. The summed E-state index contributed by atoms with van der Waals surface area (Å²) in [6.07, 6.45) is 1.28. The molecule has 0 fully saturated rings. The molecule has 3 aromatic rings. The summed E-state index contributed by atoms with van der Waals surface area (Å²) >= 11 is 0. The van der Waals surface area contributed by atoms with Gasteiger partial charge in [-0.05, 0) is 17.7 Å². The van der Waals surface area contributed by atoms with Crippen LogP contribution in [0, 0.1) is 5.82 Å². The second-order valence-electron chi connectivity index (χ2n) is 5.06. The Morgan fingerprint density at radius 2 is 2.00 bits per heavy atom. The molecule has 0 saturated carbocycles. The van der Waals surface area contributed by atoms with Crippen molar-refractivity contribution in [3.8, 4) is 0 Å². The van der Waals surface area contributed by atoms with Crippen LogP contribution in [0.2, 0.25) is 0 Å². The van der Waals surface area contributed by atoms with Crippen LogP contribution in [-0.4, -0.2) is 25.6 Å². The molecule has 0 aliphatic carbocycles. The van der Waals surface area contributed by atoms with Gasteiger partial charge in [0.25, 0.3) is 17.3 Å². The molecule has 0 bridgehead atoms. The maximum Gasteiger partial charge on any atom is 0.328 e. The summed E-state index contributed by atoms with van der Waals surface area (Å²) in [4.78, 5) is 40.5. The van der Waals surface area contributed by atoms with E-state index in [0.717, 1.165) is 4.57 Å². The van der Waals surface area contributed by atoms with Gasteiger partial charge in [-0.2, -0.15) is 4.98 Å². The van der Waals surface area contributed by atoms with Gasteiger partial charge in [-0.25, -0.2) is 9.18 Å². The molecule has 0 unspecified atom stereocenters. The molecule has 0 radical (unpaired) electrons. The molecule has 2 heterocycles. The highest BCUT2D eigenvalue weighted by molar-refractivity contribution is 5.90. The Hall–Kier alpha value is -3.56. The van der Waals surface area contributed by atoms with Crippen molar-refractivity contribution in [2.24, 2.45) is 0 Å². The molecule has 1 aromatic carbocycles. The molecule has 10 heteroatoms. The van der Waals surface area contributed by atoms with Crippen LogP contribution in [-0.2, 0) is 13.1 Å². The number of carbonyl (C=O) groups is 1. The number of carbonyl (C=O) groups excluding carboxylic acids is 1. The first-order valence-electron chi connectivity index (χ1n) is 7.16. The van der Waals surface area contributed by atoms with Crippen LogP contribution in [0.1, 0.15) is 22.1 Å². The van der Waals surface area contributed by atoms with Crippen molar-refractivity contribution < 1.29 is 13.7 Å². The van der Waals surface area contributed by atoms with Crippen LogP contribution >= 0.6 is 0 Å². The van der Waals surface area contributed by atoms with Gasteiger partial charge in [-0.15, -0.1) is 0 Å². The summed E-state index contributed by atoms with van der Waals surface area (Å²) in [5.41, 5.74) is -0.445. The molecule has 0 saturated heterocycles. The summed E-state index contributed by atoms with van der Waals surface area (Å²) in [5.74, 6) is -1.11. The van der Waals surface area contributed by atoms with E-state index in [4.69, 9.17) is 4.52 Å². The zero-order chi connectivity index (χ0) is 17.8. The lowest BCUT2D eigenvalue weighted by Gasteiger charge is -2.02. The van der Waals surface area contributed by atoms with Crippen LogP contribution in [0.3, 0.4) is 0 Å². The number of nitrogens with zero attached hydrogens (tertiary/aromatic N) is 3. The van der Waals surface area contributed by atoms with Gasteiger partial charge in [0.2, 0.25) is 5.89 Å². The summed E-state index contributed by atoms with van der Waals surface area (Å²) in [5, 5.41) is 6.11. The average molecular weight is 345 g/mol. The summed E-state index contributed by atoms with van der Waals surface area (Å²) in [6.45, 7) is 0.0796. The Balaban J connectivity index is 1.64. The number of amides is 1. The molecule has 25 heavy (non-hydrogen) atoms. The number of hydrogen-bond donors (Lipinski definition) is 2. The van der Waals surface area contributed by atoms with Crippen molar-refractivity contribution in [1.29, 1.82) is 0 Å². The molecule has 3 rings (SSSR count). The van der Waals surface area contributed by atoms with Crippen molar-refractivity contribution in [2.45, 2.75) is 13.1 Å². The number of rotatable bonds is 5. The predicted molar refractivity (Wildman–Crippen MR) is 82.3 cm³/mol. The lowest BCUT2D eigenvalue weighted by atomic mass is 10.2. The van der Waals surface area contributed by atoms with Crippen LogP contribution in [0.25, 0.3) is 0 Å². The van der Waals surface area contributed by atoms with E-state index in [2.05, 4.69) is 20.4 Å². The van der Waals surface area contributed by atoms with E-state index in [-0.39, 0.29) is 30.6 Å². The van der Waals surface area contributed by atoms with E-state index >= 15 is 0 Å². The molecule has 0 aliphatic heterocycles. The molecular weight excluding hydrogens is 333 g/mol. The minimum Gasteiger partial charge on any atom is -0.345 e. The number of hydrogen-bond acceptors (Lipinski definition) is 6. The first kappa shape index (κ1) is 16.3. The Morgan fingerprint density at radius 1 is 1.24 bits per heavy atom. The largest absolute Gasteiger partial charge is 0.345 e. The summed E-state index contributed by atoms with van der Waals surface area (Å²) < 4.78 is 18.9. The van der Waals surface area contributed by atoms with Gasteiger partial charge in [-0.1, -0.05) is 17.3 Å². The number of halogens is 1. The van der Waals surface area contributed by atoms with Gasteiger partial charge in [0.05, 0.1) is 0 Å². The molecular formula is C15H12FN5O4. The van der Waals surface area contributed by atoms with Crippen LogP contribution < -0.4 is 16.6 Å². The van der Waals surface area contributed by atoms with E-state index < -0.39 is 17.2 Å². The van der Waals surface area contributed by atoms with Crippen LogP contribution in [0.15, 0.2) is 50.6 Å². The average Bonchev–Trinajstić information content (AvgIpc) is 3.05. The quantitative estimate of drug-likeness (QED) is 0.673. The van der Waals surface area contributed by atoms with Gasteiger partial charge in [0, 0.05) is 18.8 Å². The smallest absolute Gasteiger partial charge is 0.328 e. The third-order valence-electron chi connectivity index (χ3n) is 3.24. The highest BCUT2D eigenvalue weighted by atomic mass is 19.1. The normalized spacial score (nSPS) is 10.6. The third kappa shape index (κ3) is 4.05. The molecule has 128 valence electrons. The highest BCUT2D eigenvalue weighted by Gasteiger charge is 2.15. The Bertz CT molecular complexity index is 1010. The number of H-pyrrole nitrogens is 1. The summed E-state index contributed by atoms with van der Waals surface area (Å²) in [7, 11) is 0. The lowest BCUT2D eigenvalue weighted by Crippen LogP contribution is -2.29. The number of aromatic nitrogens is 4. The van der Waals surface area contributed by atoms with Gasteiger partial charge in [0.1, 0.15) is 12.4 Å². The Kier molecular flexibility index (Phi) is 4.50. The monoisotopic (exact) mass is 345 g/mol. The van der Waals surface area contributed by atoms with E-state index in [1.807, 2.05) is 0 Å². The van der Waals surface area contributed by atoms with Gasteiger partial charge in [0.15, 0.2) is 0 Å². The van der Waals surface area contributed by atoms with Crippen molar-refractivity contribution in [2.75, 3.05) is 0 Å². The molecule has 0 aliphatic rings. The lowest BCUT2D eigenvalue weighted by molar-refractivity contribution is 0.0937. The van der Waals surface area contributed by atoms with Crippen molar-refractivity contribution >= 4 is 5.91 Å². The van der Waals surface area contributed by atoms with E-state index in [1.165, 1.54) is 24.4 Å². The van der Waals surface area contributed by atoms with Crippen molar-refractivity contribution in [3.05, 3.63) is 80.5 Å². The highest BCUT2D eigenvalue weighted by Crippen LogP contribution is 2.03. The van der Waals surface area contributed by atoms with Crippen LogP contribution in [0.5, 0.6) is 0 Å². The van der Waals surface area contributed by atoms with Gasteiger partial charge in [-0.3, -0.25) is 19.1 Å². The maximum absolute atomic E-state index is 12.8. The molecule has 1 amide bonds. The molecule has 2 aromatic heterocycles. The standard InChI is InChI=1S/C15H12FN5O4/c16-10-3-1-9(2-4-10)7-17-14(23)13-19-12(25-20-13)8-21-6-5-11(22)18-15(21)24/h1-6H,7-8H2,(H,17,23)(H,18,22,24). The first-order valence-corrected chi connectivity index (χ1v) is 7.16. The van der Waals surface area contributed by atoms with E-state index in [1.54, 1.807) is 12.1 Å². The number of benzene rings is 1. The topological polar surface area (TPSA) is 123 Å². The van der Waals surface area contributed by atoms with E-state index in [9.17, 15) is 18.8 Å². The van der Waals surface area contributed by atoms with Crippen molar-refractivity contribution in [3.63, 3.8) is 0 Å². The van der Waals surface area contributed by atoms with Gasteiger partial charge < -0.3 is 9.84 Å². The minimum atomic E-state index is -0.631. The number of nitrogens with one attached hydrogen (secondary N) is 2. The summed E-state index contributed by atoms with van der Waals surface area (Å²) in [6, 6.07) is 6.83. The Morgan fingerprint density at radius 3 is 2.72 bits per heavy atom. The fraction of sp³-hybridized carbons (Fsp3) is 0.133. The fourth-order valence-corrected chi connectivity index (χ4v) is 1.99. The van der Waals surface area contributed by atoms with Crippen LogP contribution in [0.4, 0.5) is 4.39 Å². The molecule has 0 spiro atoms. The second kappa shape index (κ2) is 6.91. The second-order valence-corrected chi connectivity index (χ2v) is 5.06. The Labute approximate surface area is 139 Å². The molecule has 2 N–H and O–H groups in total. The first-order chi connectivity index (χ1) is 12.0. The fourth-order valence-electron chi connectivity index (χ4n) is 1.99. The molecule has 9 nitrogen and oxygen atoms in total. The van der Waals surface area contributed by atoms with Crippen molar-refractivity contribution in [1.82, 2.24) is 25.0 Å². The zero-order valence-electron chi connectivity index (χ0n) is 12.7. The third-order valence-corrected chi connectivity index (χ3v) is 3.24. The zero-order valence-corrected chi connectivity index (χ0v) is 12.7. The van der Waals surface area contributed by atoms with Gasteiger partial charge >= 0.3 is 5.69 Å². The minimum absolute atomic E-state index is 0.0288.